The van der Waals surface area contributed by atoms with Crippen LogP contribution in [-0.2, 0) is 4.74 Å². The summed E-state index contributed by atoms with van der Waals surface area (Å²) in [4.78, 5) is 39.8. The van der Waals surface area contributed by atoms with Gasteiger partial charge in [-0.3, -0.25) is 14.0 Å². The molecule has 2 aromatic heterocycles. The van der Waals surface area contributed by atoms with E-state index in [-0.39, 0.29) is 22.6 Å². The first-order valence-electron chi connectivity index (χ1n) is 7.48. The Bertz CT molecular complexity index is 1060. The highest BCUT2D eigenvalue weighted by molar-refractivity contribution is 7.15. The molecule has 1 aromatic carbocycles. The van der Waals surface area contributed by atoms with Gasteiger partial charge in [0.2, 0.25) is 5.78 Å². The molecule has 0 aliphatic rings. The van der Waals surface area contributed by atoms with Crippen LogP contribution < -0.4 is 10.1 Å². The first kappa shape index (κ1) is 16.9. The predicted octanol–water partition coefficient (Wildman–Crippen LogP) is 1.40. The van der Waals surface area contributed by atoms with E-state index >= 15 is 0 Å². The molecule has 128 valence electrons. The molecule has 0 amide bonds. The smallest absolute Gasteiger partial charge is 0.340 e. The Kier molecular flexibility index (Phi) is 4.41. The summed E-state index contributed by atoms with van der Waals surface area (Å²) in [6, 6.07) is 10.1. The van der Waals surface area contributed by atoms with Gasteiger partial charge in [-0.05, 0) is 6.07 Å². The molecule has 2 heterocycles. The lowest BCUT2D eigenvalue weighted by Gasteiger charge is -2.00. The Morgan fingerprint density at radius 2 is 1.88 bits per heavy atom. The fraction of sp³-hybridized carbons (Fsp3) is 0.167. The number of rotatable bonds is 4. The summed E-state index contributed by atoms with van der Waals surface area (Å²) in [5.74, 6) is -0.903. The van der Waals surface area contributed by atoms with Crippen LogP contribution in [0.4, 0.5) is 0 Å². The van der Waals surface area contributed by atoms with Gasteiger partial charge in [0.05, 0.1) is 18.4 Å². The van der Waals surface area contributed by atoms with Crippen molar-refractivity contribution in [1.29, 1.82) is 0 Å². The summed E-state index contributed by atoms with van der Waals surface area (Å²) in [6.45, 7) is 0. The maximum atomic E-state index is 12.8. The largest absolute Gasteiger partial charge is 0.465 e. The number of aromatic nitrogens is 1. The molecule has 0 aliphatic heterocycles. The number of thiazole rings is 1. The Morgan fingerprint density at radius 1 is 1.20 bits per heavy atom. The van der Waals surface area contributed by atoms with Crippen molar-refractivity contribution in [1.82, 2.24) is 9.30 Å². The monoisotopic (exact) mass is 356 g/mol. The van der Waals surface area contributed by atoms with E-state index in [0.29, 0.717) is 14.9 Å². The summed E-state index contributed by atoms with van der Waals surface area (Å²) in [6.07, 6.45) is 1.66. The lowest BCUT2D eigenvalue weighted by atomic mass is 10.1. The second kappa shape index (κ2) is 6.52. The lowest BCUT2D eigenvalue weighted by molar-refractivity contribution is 0.0603. The molecule has 0 saturated carbocycles. The summed E-state index contributed by atoms with van der Waals surface area (Å²) < 4.78 is 6.52. The van der Waals surface area contributed by atoms with Gasteiger partial charge in [0.1, 0.15) is 9.36 Å². The van der Waals surface area contributed by atoms with Gasteiger partial charge in [-0.25, -0.2) is 4.79 Å². The molecule has 3 aromatic rings. The van der Waals surface area contributed by atoms with Gasteiger partial charge in [0.25, 0.3) is 5.56 Å². The van der Waals surface area contributed by atoms with E-state index in [1.165, 1.54) is 17.6 Å². The fourth-order valence-electron chi connectivity index (χ4n) is 2.53. The molecule has 0 aliphatic carbocycles. The molecule has 0 bridgehead atoms. The zero-order valence-corrected chi connectivity index (χ0v) is 14.8. The molecule has 7 heteroatoms. The van der Waals surface area contributed by atoms with Crippen molar-refractivity contribution < 1.29 is 14.3 Å². The second-order valence-electron chi connectivity index (χ2n) is 5.63. The minimum Gasteiger partial charge on any atom is -0.465 e. The van der Waals surface area contributed by atoms with Gasteiger partial charge in [-0.2, -0.15) is 0 Å². The third-order valence-electron chi connectivity index (χ3n) is 3.63. The van der Waals surface area contributed by atoms with Crippen LogP contribution in [0.5, 0.6) is 0 Å². The molecule has 25 heavy (non-hydrogen) atoms. The van der Waals surface area contributed by atoms with Crippen LogP contribution in [0.1, 0.15) is 26.4 Å². The number of carbonyl (C=O) groups excluding carboxylic acids is 2. The van der Waals surface area contributed by atoms with Gasteiger partial charge in [-0.1, -0.05) is 30.3 Å². The number of ketones is 1. The average Bonchev–Trinajstić information content (AvgIpc) is 3.12. The number of nitrogens with zero attached hydrogens (tertiary/aromatic N) is 2. The predicted molar refractivity (Wildman–Crippen MR) is 96.1 cm³/mol. The van der Waals surface area contributed by atoms with Crippen molar-refractivity contribution in [2.45, 2.75) is 0 Å². The van der Waals surface area contributed by atoms with E-state index < -0.39 is 5.97 Å². The van der Waals surface area contributed by atoms with Gasteiger partial charge in [0.15, 0.2) is 0 Å². The van der Waals surface area contributed by atoms with E-state index in [1.54, 1.807) is 55.5 Å². The van der Waals surface area contributed by atoms with Crippen LogP contribution in [0.15, 0.2) is 41.2 Å². The molecule has 0 unspecified atom stereocenters. The maximum Gasteiger partial charge on any atom is 0.340 e. The van der Waals surface area contributed by atoms with E-state index in [1.807, 2.05) is 0 Å². The number of benzene rings is 1. The van der Waals surface area contributed by atoms with Crippen LogP contribution in [0.2, 0.25) is 0 Å². The summed E-state index contributed by atoms with van der Waals surface area (Å²) in [5.41, 5.74) is 0.480. The van der Waals surface area contributed by atoms with Crippen molar-refractivity contribution in [2.75, 3.05) is 21.2 Å². The topological polar surface area (TPSA) is 68.1 Å². The molecule has 0 fully saturated rings. The van der Waals surface area contributed by atoms with E-state index in [0.717, 1.165) is 11.3 Å². The van der Waals surface area contributed by atoms with Crippen LogP contribution in [0.3, 0.4) is 0 Å². The average molecular weight is 356 g/mol. The number of fused-ring (bicyclic) bond motifs is 1. The highest BCUT2D eigenvalue weighted by Crippen LogP contribution is 2.21. The molecule has 0 radical (unpaired) electrons. The standard InChI is InChI=1S/C18H16N2O4S/c1-19(2)10-14-16(22)20-13(15(21)11-7-5-4-6-8-11)9-12(17(20)25-14)18(23)24-3/h4-10H,1-3H3/b14-10-. The van der Waals surface area contributed by atoms with Gasteiger partial charge in [0, 0.05) is 25.9 Å². The van der Waals surface area contributed by atoms with Crippen LogP contribution >= 0.6 is 11.3 Å². The molecule has 6 nitrogen and oxygen atoms in total. The maximum absolute atomic E-state index is 12.8. The molecule has 0 saturated heterocycles. The fourth-order valence-corrected chi connectivity index (χ4v) is 3.71. The minimum atomic E-state index is -0.581. The van der Waals surface area contributed by atoms with Crippen LogP contribution in [0.25, 0.3) is 11.0 Å². The molecule has 0 spiro atoms. The summed E-state index contributed by atoms with van der Waals surface area (Å²) in [7, 11) is 4.86. The normalized spacial score (nSPS) is 11.7. The highest BCUT2D eigenvalue weighted by Gasteiger charge is 2.24. The number of hydrogen-bond acceptors (Lipinski definition) is 6. The number of ether oxygens (including phenoxy) is 1. The van der Waals surface area contributed by atoms with Crippen molar-refractivity contribution in [3.63, 3.8) is 0 Å². The van der Waals surface area contributed by atoms with Crippen molar-refractivity contribution in [3.05, 3.63) is 68.1 Å². The quantitative estimate of drug-likeness (QED) is 0.522. The molecule has 3 rings (SSSR count). The molecular formula is C18H16N2O4S. The third kappa shape index (κ3) is 2.94. The van der Waals surface area contributed by atoms with Gasteiger partial charge >= 0.3 is 5.97 Å². The van der Waals surface area contributed by atoms with E-state index in [9.17, 15) is 14.4 Å². The lowest BCUT2D eigenvalue weighted by Crippen LogP contribution is -2.27. The Morgan fingerprint density at radius 3 is 2.48 bits per heavy atom. The Labute approximate surface area is 147 Å². The SMILES string of the molecule is COC(=O)c1cc(C(=O)c2ccccc2)n2c(=O)/c(=C/N(C)C)sc12. The summed E-state index contributed by atoms with van der Waals surface area (Å²) >= 11 is 1.16. The van der Waals surface area contributed by atoms with Crippen molar-refractivity contribution >= 4 is 34.1 Å². The molecule has 0 N–H and O–H groups in total. The highest BCUT2D eigenvalue weighted by atomic mass is 32.1. The number of methoxy groups -OCH3 is 1. The first-order chi connectivity index (χ1) is 11.9. The zero-order chi connectivity index (χ0) is 18.1. The Hall–Kier alpha value is -2.93. The number of esters is 1. The van der Waals surface area contributed by atoms with Crippen molar-refractivity contribution in [2.24, 2.45) is 0 Å². The van der Waals surface area contributed by atoms with Crippen LogP contribution in [-0.4, -0.2) is 42.3 Å². The Balaban J connectivity index is 2.32. The van der Waals surface area contributed by atoms with Gasteiger partial charge in [-0.15, -0.1) is 11.3 Å². The van der Waals surface area contributed by atoms with Crippen LogP contribution in [0, 0.1) is 0 Å². The van der Waals surface area contributed by atoms with Crippen molar-refractivity contribution in [3.8, 4) is 0 Å². The second-order valence-corrected chi connectivity index (χ2v) is 6.67. The minimum absolute atomic E-state index is 0.154. The van der Waals surface area contributed by atoms with E-state index in [2.05, 4.69) is 0 Å². The van der Waals surface area contributed by atoms with E-state index in [4.69, 9.17) is 4.74 Å². The molecular weight excluding hydrogens is 340 g/mol. The molecule has 0 atom stereocenters. The van der Waals surface area contributed by atoms with Gasteiger partial charge < -0.3 is 9.64 Å². The first-order valence-corrected chi connectivity index (χ1v) is 8.30. The summed E-state index contributed by atoms with van der Waals surface area (Å²) in [5, 5.41) is 0. The number of hydrogen-bond donors (Lipinski definition) is 0. The number of carbonyl (C=O) groups is 2. The third-order valence-corrected chi connectivity index (χ3v) is 4.72. The zero-order valence-electron chi connectivity index (χ0n) is 14.0.